The van der Waals surface area contributed by atoms with Gasteiger partial charge in [-0.05, 0) is 37.8 Å². The Morgan fingerprint density at radius 2 is 1.73 bits per heavy atom. The van der Waals surface area contributed by atoms with E-state index >= 15 is 0 Å². The SMILES string of the molecule is CN(C(=O)C1CC1)c1ccccc1C(=O)NC1CCCCC1. The zero-order valence-electron chi connectivity index (χ0n) is 13.2. The third-order valence-corrected chi connectivity index (χ3v) is 4.71. The van der Waals surface area contributed by atoms with Gasteiger partial charge < -0.3 is 10.2 Å². The van der Waals surface area contributed by atoms with Gasteiger partial charge in [-0.25, -0.2) is 0 Å². The Bertz CT molecular complexity index is 560. The van der Waals surface area contributed by atoms with Crippen molar-refractivity contribution in [2.75, 3.05) is 11.9 Å². The summed E-state index contributed by atoms with van der Waals surface area (Å²) in [6.45, 7) is 0. The van der Waals surface area contributed by atoms with Crippen LogP contribution in [0.5, 0.6) is 0 Å². The molecule has 0 heterocycles. The molecule has 4 nitrogen and oxygen atoms in total. The molecule has 1 aromatic rings. The van der Waals surface area contributed by atoms with Crippen LogP contribution in [0.15, 0.2) is 24.3 Å². The van der Waals surface area contributed by atoms with Gasteiger partial charge in [0.1, 0.15) is 0 Å². The fourth-order valence-corrected chi connectivity index (χ4v) is 3.19. The smallest absolute Gasteiger partial charge is 0.253 e. The minimum Gasteiger partial charge on any atom is -0.349 e. The van der Waals surface area contributed by atoms with Crippen LogP contribution in [0.1, 0.15) is 55.3 Å². The first-order chi connectivity index (χ1) is 10.7. The molecule has 2 aliphatic carbocycles. The zero-order valence-corrected chi connectivity index (χ0v) is 13.2. The Labute approximate surface area is 131 Å². The van der Waals surface area contributed by atoms with Crippen LogP contribution in [0, 0.1) is 5.92 Å². The molecule has 0 aliphatic heterocycles. The Balaban J connectivity index is 1.74. The lowest BCUT2D eigenvalue weighted by molar-refractivity contribution is -0.119. The molecule has 0 unspecified atom stereocenters. The molecule has 1 N–H and O–H groups in total. The van der Waals surface area contributed by atoms with E-state index in [0.29, 0.717) is 11.3 Å². The number of hydrogen-bond acceptors (Lipinski definition) is 2. The highest BCUT2D eigenvalue weighted by Crippen LogP contribution is 2.33. The van der Waals surface area contributed by atoms with Crippen molar-refractivity contribution >= 4 is 17.5 Å². The Morgan fingerprint density at radius 3 is 2.41 bits per heavy atom. The van der Waals surface area contributed by atoms with E-state index in [1.54, 1.807) is 11.9 Å². The van der Waals surface area contributed by atoms with Crippen molar-refractivity contribution < 1.29 is 9.59 Å². The number of hydrogen-bond donors (Lipinski definition) is 1. The summed E-state index contributed by atoms with van der Waals surface area (Å²) in [5, 5.41) is 3.14. The molecule has 2 amide bonds. The van der Waals surface area contributed by atoms with E-state index in [9.17, 15) is 9.59 Å². The maximum absolute atomic E-state index is 12.6. The van der Waals surface area contributed by atoms with Gasteiger partial charge in [0, 0.05) is 19.0 Å². The van der Waals surface area contributed by atoms with Crippen molar-refractivity contribution in [1.82, 2.24) is 5.32 Å². The number of nitrogens with zero attached hydrogens (tertiary/aromatic N) is 1. The summed E-state index contributed by atoms with van der Waals surface area (Å²) in [4.78, 5) is 26.5. The van der Waals surface area contributed by atoms with Crippen molar-refractivity contribution in [1.29, 1.82) is 0 Å². The number of benzene rings is 1. The monoisotopic (exact) mass is 300 g/mol. The molecule has 0 atom stereocenters. The summed E-state index contributed by atoms with van der Waals surface area (Å²) in [7, 11) is 1.77. The number of carbonyl (C=O) groups is 2. The van der Waals surface area contributed by atoms with Crippen LogP contribution in [0.2, 0.25) is 0 Å². The van der Waals surface area contributed by atoms with Gasteiger partial charge in [-0.1, -0.05) is 31.4 Å². The highest BCUT2D eigenvalue weighted by Gasteiger charge is 2.33. The fourth-order valence-electron chi connectivity index (χ4n) is 3.19. The van der Waals surface area contributed by atoms with Gasteiger partial charge in [0.25, 0.3) is 5.91 Å². The molecule has 0 aromatic heterocycles. The fraction of sp³-hybridized carbons (Fsp3) is 0.556. The van der Waals surface area contributed by atoms with E-state index in [2.05, 4.69) is 5.32 Å². The highest BCUT2D eigenvalue weighted by molar-refractivity contribution is 6.05. The number of nitrogens with one attached hydrogen (secondary N) is 1. The third-order valence-electron chi connectivity index (χ3n) is 4.71. The van der Waals surface area contributed by atoms with E-state index in [0.717, 1.165) is 25.7 Å². The van der Waals surface area contributed by atoms with Crippen molar-refractivity contribution in [2.45, 2.75) is 51.0 Å². The summed E-state index contributed by atoms with van der Waals surface area (Å²) < 4.78 is 0. The van der Waals surface area contributed by atoms with Gasteiger partial charge in [0.2, 0.25) is 5.91 Å². The second-order valence-corrected chi connectivity index (χ2v) is 6.50. The van der Waals surface area contributed by atoms with Gasteiger partial charge >= 0.3 is 0 Å². The van der Waals surface area contributed by atoms with Crippen LogP contribution in [-0.2, 0) is 4.79 Å². The summed E-state index contributed by atoms with van der Waals surface area (Å²) in [5.74, 6) is 0.218. The van der Waals surface area contributed by atoms with E-state index in [1.807, 2.05) is 24.3 Å². The van der Waals surface area contributed by atoms with Crippen molar-refractivity contribution in [3.05, 3.63) is 29.8 Å². The Morgan fingerprint density at radius 1 is 1.05 bits per heavy atom. The topological polar surface area (TPSA) is 49.4 Å². The van der Waals surface area contributed by atoms with E-state index in [1.165, 1.54) is 19.3 Å². The molecular formula is C18H24N2O2. The molecule has 0 saturated heterocycles. The molecular weight excluding hydrogens is 276 g/mol. The van der Waals surface area contributed by atoms with Crippen LogP contribution in [0.4, 0.5) is 5.69 Å². The van der Waals surface area contributed by atoms with E-state index in [4.69, 9.17) is 0 Å². The van der Waals surface area contributed by atoms with E-state index < -0.39 is 0 Å². The lowest BCUT2D eigenvalue weighted by atomic mass is 9.95. The van der Waals surface area contributed by atoms with Crippen molar-refractivity contribution in [3.8, 4) is 0 Å². The number of carbonyl (C=O) groups excluding carboxylic acids is 2. The lowest BCUT2D eigenvalue weighted by Crippen LogP contribution is -2.37. The molecule has 2 aliphatic rings. The average molecular weight is 300 g/mol. The normalized spacial score (nSPS) is 18.8. The maximum atomic E-state index is 12.6. The zero-order chi connectivity index (χ0) is 15.5. The van der Waals surface area contributed by atoms with Crippen molar-refractivity contribution in [3.63, 3.8) is 0 Å². The van der Waals surface area contributed by atoms with Crippen LogP contribution >= 0.6 is 0 Å². The second-order valence-electron chi connectivity index (χ2n) is 6.50. The quantitative estimate of drug-likeness (QED) is 0.928. The Kier molecular flexibility index (Phi) is 4.46. The first-order valence-corrected chi connectivity index (χ1v) is 8.34. The van der Waals surface area contributed by atoms with Gasteiger partial charge in [-0.2, -0.15) is 0 Å². The maximum Gasteiger partial charge on any atom is 0.253 e. The Hall–Kier alpha value is -1.84. The molecule has 118 valence electrons. The third kappa shape index (κ3) is 3.32. The summed E-state index contributed by atoms with van der Waals surface area (Å²) in [5.41, 5.74) is 1.32. The van der Waals surface area contributed by atoms with Crippen LogP contribution < -0.4 is 10.2 Å². The van der Waals surface area contributed by atoms with E-state index in [-0.39, 0.29) is 23.8 Å². The first-order valence-electron chi connectivity index (χ1n) is 8.34. The largest absolute Gasteiger partial charge is 0.349 e. The minimum atomic E-state index is -0.0575. The van der Waals surface area contributed by atoms with Crippen LogP contribution in [0.25, 0.3) is 0 Å². The molecule has 22 heavy (non-hydrogen) atoms. The van der Waals surface area contributed by atoms with Crippen LogP contribution in [-0.4, -0.2) is 24.9 Å². The molecule has 0 radical (unpaired) electrons. The standard InChI is InChI=1S/C18H24N2O2/c1-20(18(22)13-11-12-13)16-10-6-5-9-15(16)17(21)19-14-7-3-2-4-8-14/h5-6,9-10,13-14H,2-4,7-8,11-12H2,1H3,(H,19,21). The first kappa shape index (κ1) is 15.1. The molecule has 2 saturated carbocycles. The predicted molar refractivity (Wildman–Crippen MR) is 86.9 cm³/mol. The number of para-hydroxylation sites is 1. The van der Waals surface area contributed by atoms with Gasteiger partial charge in [0.15, 0.2) is 0 Å². The number of rotatable bonds is 4. The summed E-state index contributed by atoms with van der Waals surface area (Å²) in [6.07, 6.45) is 7.70. The van der Waals surface area contributed by atoms with Gasteiger partial charge in [-0.15, -0.1) is 0 Å². The minimum absolute atomic E-state index is 0.0575. The molecule has 1 aromatic carbocycles. The van der Waals surface area contributed by atoms with Crippen molar-refractivity contribution in [2.24, 2.45) is 5.92 Å². The van der Waals surface area contributed by atoms with Gasteiger partial charge in [0.05, 0.1) is 11.3 Å². The molecule has 2 fully saturated rings. The average Bonchev–Trinajstić information content (AvgIpc) is 3.39. The summed E-state index contributed by atoms with van der Waals surface area (Å²) >= 11 is 0. The second kappa shape index (κ2) is 6.51. The predicted octanol–water partition coefficient (Wildman–Crippen LogP) is 3.12. The lowest BCUT2D eigenvalue weighted by Gasteiger charge is -2.25. The number of amides is 2. The van der Waals surface area contributed by atoms with Crippen LogP contribution in [0.3, 0.4) is 0 Å². The summed E-state index contributed by atoms with van der Waals surface area (Å²) in [6, 6.07) is 7.68. The number of anilines is 1. The van der Waals surface area contributed by atoms with Gasteiger partial charge in [-0.3, -0.25) is 9.59 Å². The molecule has 0 bridgehead atoms. The molecule has 4 heteroatoms. The molecule has 0 spiro atoms. The highest BCUT2D eigenvalue weighted by atomic mass is 16.2. The molecule has 3 rings (SSSR count).